The van der Waals surface area contributed by atoms with Crippen LogP contribution in [0.5, 0.6) is 0 Å². The maximum absolute atomic E-state index is 12.2. The fourth-order valence-corrected chi connectivity index (χ4v) is 2.43. The molecule has 1 aliphatic rings. The first kappa shape index (κ1) is 12.1. The monoisotopic (exact) mass is 235 g/mol. The molecule has 2 rings (SSSR count). The predicted molar refractivity (Wildman–Crippen MR) is 66.5 cm³/mol. The smallest absolute Gasteiger partial charge is 0.228 e. The number of nitrogens with zero attached hydrogens (tertiary/aromatic N) is 3. The number of aryl methyl sites for hydroxylation is 2. The van der Waals surface area contributed by atoms with E-state index in [0.717, 1.165) is 18.7 Å². The van der Waals surface area contributed by atoms with Crippen LogP contribution >= 0.6 is 0 Å². The van der Waals surface area contributed by atoms with Gasteiger partial charge in [0.1, 0.15) is 0 Å². The largest absolute Gasteiger partial charge is 0.336 e. The first-order chi connectivity index (χ1) is 7.80. The number of carbonyl (C=O) groups is 1. The van der Waals surface area contributed by atoms with Gasteiger partial charge in [0.15, 0.2) is 0 Å². The van der Waals surface area contributed by atoms with Gasteiger partial charge in [0.25, 0.3) is 0 Å². The molecule has 1 aromatic heterocycles. The number of aromatic nitrogens is 2. The van der Waals surface area contributed by atoms with Crippen molar-refractivity contribution in [2.24, 2.45) is 12.5 Å². The van der Waals surface area contributed by atoms with E-state index in [4.69, 9.17) is 0 Å². The summed E-state index contributed by atoms with van der Waals surface area (Å²) in [5.74, 6) is 0.224. The fraction of sp³-hybridized carbons (Fsp3) is 0.692. The zero-order chi connectivity index (χ0) is 12.8. The van der Waals surface area contributed by atoms with Gasteiger partial charge in [-0.05, 0) is 18.9 Å². The van der Waals surface area contributed by atoms with Crippen LogP contribution in [0.2, 0.25) is 0 Å². The number of hydrogen-bond donors (Lipinski definition) is 0. The number of rotatable bonds is 0. The quantitative estimate of drug-likeness (QED) is 0.686. The number of carbonyl (C=O) groups excluding carboxylic acids is 1. The van der Waals surface area contributed by atoms with E-state index >= 15 is 0 Å². The highest BCUT2D eigenvalue weighted by Crippen LogP contribution is 2.25. The number of hydrogen-bond acceptors (Lipinski definition) is 2. The summed E-state index contributed by atoms with van der Waals surface area (Å²) in [4.78, 5) is 14.2. The van der Waals surface area contributed by atoms with Crippen LogP contribution in [-0.2, 0) is 24.8 Å². The normalized spacial score (nSPS) is 15.9. The summed E-state index contributed by atoms with van der Waals surface area (Å²) in [5.41, 5.74) is 3.31. The summed E-state index contributed by atoms with van der Waals surface area (Å²) < 4.78 is 1.91. The zero-order valence-electron chi connectivity index (χ0n) is 11.4. The Balaban J connectivity index is 2.25. The Kier molecular flexibility index (Phi) is 2.76. The summed E-state index contributed by atoms with van der Waals surface area (Å²) in [6.07, 6.45) is 0.927. The van der Waals surface area contributed by atoms with E-state index in [1.807, 2.05) is 44.3 Å². The van der Waals surface area contributed by atoms with Gasteiger partial charge < -0.3 is 4.90 Å². The third-order valence-corrected chi connectivity index (χ3v) is 3.38. The topological polar surface area (TPSA) is 38.1 Å². The summed E-state index contributed by atoms with van der Waals surface area (Å²) >= 11 is 0. The Morgan fingerprint density at radius 1 is 1.35 bits per heavy atom. The van der Waals surface area contributed by atoms with Crippen LogP contribution in [0.3, 0.4) is 0 Å². The zero-order valence-corrected chi connectivity index (χ0v) is 11.4. The minimum absolute atomic E-state index is 0.224. The van der Waals surface area contributed by atoms with E-state index in [1.165, 1.54) is 11.3 Å². The number of fused-ring (bicyclic) bond motifs is 1. The Hall–Kier alpha value is -1.32. The Morgan fingerprint density at radius 2 is 2.00 bits per heavy atom. The van der Waals surface area contributed by atoms with Crippen LogP contribution in [0.25, 0.3) is 0 Å². The lowest BCUT2D eigenvalue weighted by molar-refractivity contribution is -0.140. The molecule has 4 heteroatoms. The second-order valence-corrected chi connectivity index (χ2v) is 5.86. The third kappa shape index (κ3) is 2.08. The lowest BCUT2D eigenvalue weighted by Gasteiger charge is -2.32. The molecule has 0 radical (unpaired) electrons. The van der Waals surface area contributed by atoms with Crippen molar-refractivity contribution < 1.29 is 4.79 Å². The molecule has 0 saturated carbocycles. The lowest BCUT2D eigenvalue weighted by atomic mass is 9.93. The van der Waals surface area contributed by atoms with Crippen molar-refractivity contribution in [1.29, 1.82) is 0 Å². The van der Waals surface area contributed by atoms with Gasteiger partial charge in [0.05, 0.1) is 17.9 Å². The van der Waals surface area contributed by atoms with Gasteiger partial charge in [-0.2, -0.15) is 5.10 Å². The maximum atomic E-state index is 12.2. The van der Waals surface area contributed by atoms with Crippen LogP contribution in [0.15, 0.2) is 0 Å². The minimum Gasteiger partial charge on any atom is -0.336 e. The molecule has 0 spiro atoms. The van der Waals surface area contributed by atoms with Crippen molar-refractivity contribution in [2.45, 2.75) is 40.7 Å². The summed E-state index contributed by atoms with van der Waals surface area (Å²) in [5, 5.41) is 4.43. The molecule has 0 aromatic carbocycles. The molecule has 17 heavy (non-hydrogen) atoms. The van der Waals surface area contributed by atoms with Crippen molar-refractivity contribution in [3.8, 4) is 0 Å². The maximum Gasteiger partial charge on any atom is 0.228 e. The minimum atomic E-state index is -0.300. The molecule has 0 unspecified atom stereocenters. The Morgan fingerprint density at radius 3 is 2.59 bits per heavy atom. The summed E-state index contributed by atoms with van der Waals surface area (Å²) in [7, 11) is 1.96. The molecule has 1 aromatic rings. The van der Waals surface area contributed by atoms with Crippen LogP contribution < -0.4 is 0 Å². The molecule has 1 aliphatic heterocycles. The van der Waals surface area contributed by atoms with Crippen molar-refractivity contribution >= 4 is 5.91 Å². The van der Waals surface area contributed by atoms with E-state index in [2.05, 4.69) is 5.10 Å². The van der Waals surface area contributed by atoms with Gasteiger partial charge in [-0.1, -0.05) is 20.8 Å². The molecule has 1 amide bonds. The Bertz CT molecular complexity index is 454. The van der Waals surface area contributed by atoms with Crippen LogP contribution in [0.4, 0.5) is 0 Å². The standard InChI is InChI=1S/C13H21N3O/c1-9-10-6-7-16(12(17)13(2,3)4)8-11(10)15(5)14-9/h6-8H2,1-5H3. The van der Waals surface area contributed by atoms with Crippen LogP contribution in [0.1, 0.15) is 37.7 Å². The average molecular weight is 235 g/mol. The third-order valence-electron chi connectivity index (χ3n) is 3.38. The van der Waals surface area contributed by atoms with Crippen molar-refractivity contribution in [1.82, 2.24) is 14.7 Å². The van der Waals surface area contributed by atoms with Crippen LogP contribution in [-0.4, -0.2) is 27.1 Å². The van der Waals surface area contributed by atoms with Gasteiger partial charge >= 0.3 is 0 Å². The van der Waals surface area contributed by atoms with Crippen LogP contribution in [0, 0.1) is 12.3 Å². The molecule has 0 fully saturated rings. The molecule has 0 bridgehead atoms. The second kappa shape index (κ2) is 3.86. The molecule has 94 valence electrons. The molecule has 4 nitrogen and oxygen atoms in total. The van der Waals surface area contributed by atoms with Gasteiger partial charge in [-0.15, -0.1) is 0 Å². The van der Waals surface area contributed by atoms with Gasteiger partial charge in [0.2, 0.25) is 5.91 Å². The van der Waals surface area contributed by atoms with E-state index in [1.54, 1.807) is 0 Å². The highest BCUT2D eigenvalue weighted by Gasteiger charge is 2.31. The first-order valence-electron chi connectivity index (χ1n) is 6.11. The highest BCUT2D eigenvalue weighted by atomic mass is 16.2. The van der Waals surface area contributed by atoms with Gasteiger partial charge in [0, 0.05) is 19.0 Å². The second-order valence-electron chi connectivity index (χ2n) is 5.86. The SMILES string of the molecule is Cc1nn(C)c2c1CCN(C(=O)C(C)(C)C)C2. The summed E-state index contributed by atoms with van der Waals surface area (Å²) in [6, 6.07) is 0. The van der Waals surface area contributed by atoms with Crippen molar-refractivity contribution in [2.75, 3.05) is 6.54 Å². The first-order valence-corrected chi connectivity index (χ1v) is 6.11. The van der Waals surface area contributed by atoms with E-state index < -0.39 is 0 Å². The molecule has 0 saturated heterocycles. The van der Waals surface area contributed by atoms with Gasteiger partial charge in [-0.3, -0.25) is 9.48 Å². The van der Waals surface area contributed by atoms with E-state index in [9.17, 15) is 4.79 Å². The number of amides is 1. The lowest BCUT2D eigenvalue weighted by Crippen LogP contribution is -2.42. The van der Waals surface area contributed by atoms with Crippen molar-refractivity contribution in [3.63, 3.8) is 0 Å². The molecule has 0 N–H and O–H groups in total. The van der Waals surface area contributed by atoms with Gasteiger partial charge in [-0.25, -0.2) is 0 Å². The highest BCUT2D eigenvalue weighted by molar-refractivity contribution is 5.81. The van der Waals surface area contributed by atoms with Crippen molar-refractivity contribution in [3.05, 3.63) is 17.0 Å². The fourth-order valence-electron chi connectivity index (χ4n) is 2.43. The molecule has 2 heterocycles. The summed E-state index contributed by atoms with van der Waals surface area (Å²) in [6.45, 7) is 9.47. The van der Waals surface area contributed by atoms with E-state index in [0.29, 0.717) is 6.54 Å². The Labute approximate surface area is 103 Å². The molecule has 0 atom stereocenters. The van der Waals surface area contributed by atoms with E-state index in [-0.39, 0.29) is 11.3 Å². The average Bonchev–Trinajstić information content (AvgIpc) is 2.52. The molecular formula is C13H21N3O. The predicted octanol–water partition coefficient (Wildman–Crippen LogP) is 1.66. The molecule has 0 aliphatic carbocycles. The molecular weight excluding hydrogens is 214 g/mol.